The molecular formula is C23H22ClNO6. The van der Waals surface area contributed by atoms with Gasteiger partial charge >= 0.3 is 5.97 Å². The molecule has 8 heteroatoms. The first-order valence-corrected chi connectivity index (χ1v) is 10.4. The molecule has 0 saturated heterocycles. The molecule has 31 heavy (non-hydrogen) atoms. The Bertz CT molecular complexity index is 1010. The van der Waals surface area contributed by atoms with Gasteiger partial charge in [0.2, 0.25) is 0 Å². The number of hydrogen-bond donors (Lipinski definition) is 0. The molecule has 1 aliphatic rings. The third kappa shape index (κ3) is 5.30. The average Bonchev–Trinajstić information content (AvgIpc) is 3.31. The number of hydrogen-bond acceptors (Lipinski definition) is 7. The SMILES string of the molecule is CCOC(=O)CC(c1ccc(OC[C@H]2COc3ccc(Cl)cc3O2)cc1)c1cnco1. The molecule has 0 saturated carbocycles. The molecule has 1 unspecified atom stereocenters. The Morgan fingerprint density at radius 3 is 2.81 bits per heavy atom. The number of oxazole rings is 1. The number of carbonyl (C=O) groups is 1. The molecule has 0 aliphatic carbocycles. The molecule has 0 amide bonds. The van der Waals surface area contributed by atoms with E-state index in [1.807, 2.05) is 24.3 Å². The number of halogens is 1. The van der Waals surface area contributed by atoms with Crippen LogP contribution in [0.1, 0.15) is 30.6 Å². The summed E-state index contributed by atoms with van der Waals surface area (Å²) >= 11 is 6.02. The van der Waals surface area contributed by atoms with Crippen LogP contribution in [0.15, 0.2) is 59.5 Å². The van der Waals surface area contributed by atoms with E-state index in [1.54, 1.807) is 31.3 Å². The van der Waals surface area contributed by atoms with E-state index in [2.05, 4.69) is 4.98 Å². The van der Waals surface area contributed by atoms with Crippen molar-refractivity contribution in [1.82, 2.24) is 4.98 Å². The highest BCUT2D eigenvalue weighted by molar-refractivity contribution is 6.30. The van der Waals surface area contributed by atoms with Gasteiger partial charge in [0.25, 0.3) is 0 Å². The summed E-state index contributed by atoms with van der Waals surface area (Å²) in [5.74, 6) is 1.98. The monoisotopic (exact) mass is 443 g/mol. The lowest BCUT2D eigenvalue weighted by molar-refractivity contribution is -0.143. The van der Waals surface area contributed by atoms with Crippen LogP contribution < -0.4 is 14.2 Å². The second-order valence-corrected chi connectivity index (χ2v) is 7.42. The summed E-state index contributed by atoms with van der Waals surface area (Å²) in [5.41, 5.74) is 0.901. The van der Waals surface area contributed by atoms with E-state index in [4.69, 9.17) is 35.0 Å². The van der Waals surface area contributed by atoms with Crippen LogP contribution in [0, 0.1) is 0 Å². The maximum Gasteiger partial charge on any atom is 0.306 e. The lowest BCUT2D eigenvalue weighted by Crippen LogP contribution is -2.34. The van der Waals surface area contributed by atoms with E-state index in [0.29, 0.717) is 47.9 Å². The molecule has 4 rings (SSSR count). The van der Waals surface area contributed by atoms with Crippen molar-refractivity contribution in [2.75, 3.05) is 19.8 Å². The van der Waals surface area contributed by atoms with Crippen LogP contribution in [0.4, 0.5) is 0 Å². The highest BCUT2D eigenvalue weighted by Crippen LogP contribution is 2.34. The van der Waals surface area contributed by atoms with Gasteiger partial charge in [0.1, 0.15) is 24.7 Å². The van der Waals surface area contributed by atoms with E-state index in [1.165, 1.54) is 6.39 Å². The number of ether oxygens (including phenoxy) is 4. The molecule has 7 nitrogen and oxygen atoms in total. The minimum atomic E-state index is -0.293. The van der Waals surface area contributed by atoms with Crippen molar-refractivity contribution in [2.45, 2.75) is 25.4 Å². The standard InChI is InChI=1S/C23H22ClNO6/c1-2-27-23(26)10-19(22-11-25-14-30-22)15-3-6-17(7-4-15)28-12-18-13-29-20-8-5-16(24)9-21(20)31-18/h3-9,11,14,18-19H,2,10,12-13H2,1H3/t18-,19?/m0/s1. The minimum absolute atomic E-state index is 0.165. The molecule has 0 bridgehead atoms. The average molecular weight is 444 g/mol. The first kappa shape index (κ1) is 21.1. The summed E-state index contributed by atoms with van der Waals surface area (Å²) in [5, 5.41) is 0.587. The van der Waals surface area contributed by atoms with E-state index in [0.717, 1.165) is 5.56 Å². The van der Waals surface area contributed by atoms with Crippen molar-refractivity contribution in [3.8, 4) is 17.2 Å². The maximum absolute atomic E-state index is 12.0. The highest BCUT2D eigenvalue weighted by Gasteiger charge is 2.24. The molecule has 0 spiro atoms. The van der Waals surface area contributed by atoms with Gasteiger partial charge in [0.15, 0.2) is 24.0 Å². The summed E-state index contributed by atoms with van der Waals surface area (Å²) in [4.78, 5) is 16.0. The van der Waals surface area contributed by atoms with Gasteiger partial charge in [-0.3, -0.25) is 4.79 Å². The molecule has 2 aromatic carbocycles. The van der Waals surface area contributed by atoms with Gasteiger partial charge in [0.05, 0.1) is 25.1 Å². The fourth-order valence-electron chi connectivity index (χ4n) is 3.32. The molecule has 2 atom stereocenters. The molecule has 1 aliphatic heterocycles. The van der Waals surface area contributed by atoms with Crippen LogP contribution in [0.3, 0.4) is 0 Å². The van der Waals surface area contributed by atoms with Crippen LogP contribution in [0.25, 0.3) is 0 Å². The Kier molecular flexibility index (Phi) is 6.62. The normalized spacial score (nSPS) is 15.9. The van der Waals surface area contributed by atoms with Crippen LogP contribution in [-0.2, 0) is 9.53 Å². The number of carbonyl (C=O) groups excluding carboxylic acids is 1. The van der Waals surface area contributed by atoms with Gasteiger partial charge in [-0.25, -0.2) is 4.98 Å². The number of rotatable bonds is 8. The smallest absolute Gasteiger partial charge is 0.306 e. The molecule has 0 N–H and O–H groups in total. The Labute approximate surface area is 184 Å². The van der Waals surface area contributed by atoms with Gasteiger partial charge in [-0.1, -0.05) is 23.7 Å². The number of esters is 1. The minimum Gasteiger partial charge on any atom is -0.490 e. The number of fused-ring (bicyclic) bond motifs is 1. The number of nitrogens with zero attached hydrogens (tertiary/aromatic N) is 1. The lowest BCUT2D eigenvalue weighted by Gasteiger charge is -2.26. The summed E-state index contributed by atoms with van der Waals surface area (Å²) in [6.45, 7) is 2.82. The van der Waals surface area contributed by atoms with Crippen molar-refractivity contribution in [2.24, 2.45) is 0 Å². The predicted octanol–water partition coefficient (Wildman–Crippen LogP) is 4.63. The van der Waals surface area contributed by atoms with Crippen LogP contribution in [0.5, 0.6) is 17.2 Å². The fourth-order valence-corrected chi connectivity index (χ4v) is 3.49. The zero-order chi connectivity index (χ0) is 21.6. The van der Waals surface area contributed by atoms with Crippen LogP contribution in [-0.4, -0.2) is 36.9 Å². The molecule has 3 aromatic rings. The third-order valence-corrected chi connectivity index (χ3v) is 5.05. The Balaban J connectivity index is 1.38. The predicted molar refractivity (Wildman–Crippen MR) is 113 cm³/mol. The zero-order valence-corrected chi connectivity index (χ0v) is 17.7. The fraction of sp³-hybridized carbons (Fsp3) is 0.304. The summed E-state index contributed by atoms with van der Waals surface area (Å²) in [6.07, 6.45) is 2.87. The van der Waals surface area contributed by atoms with Crippen LogP contribution in [0.2, 0.25) is 5.02 Å². The number of aromatic nitrogens is 1. The van der Waals surface area contributed by atoms with Crippen molar-refractivity contribution >= 4 is 17.6 Å². The molecule has 0 fully saturated rings. The zero-order valence-electron chi connectivity index (χ0n) is 17.0. The second kappa shape index (κ2) is 9.75. The van der Waals surface area contributed by atoms with E-state index < -0.39 is 0 Å². The Hall–Kier alpha value is -3.19. The Morgan fingerprint density at radius 1 is 1.23 bits per heavy atom. The Morgan fingerprint density at radius 2 is 2.06 bits per heavy atom. The second-order valence-electron chi connectivity index (χ2n) is 6.99. The van der Waals surface area contributed by atoms with Gasteiger partial charge in [-0.15, -0.1) is 0 Å². The van der Waals surface area contributed by atoms with Crippen molar-refractivity contribution in [3.63, 3.8) is 0 Å². The lowest BCUT2D eigenvalue weighted by atomic mass is 9.93. The summed E-state index contributed by atoms with van der Waals surface area (Å²) in [6, 6.07) is 12.8. The van der Waals surface area contributed by atoms with Gasteiger partial charge in [-0.05, 0) is 36.8 Å². The largest absolute Gasteiger partial charge is 0.490 e. The summed E-state index contributed by atoms with van der Waals surface area (Å²) < 4.78 is 28.0. The topological polar surface area (TPSA) is 80.0 Å². The first-order valence-electron chi connectivity index (χ1n) is 9.98. The third-order valence-electron chi connectivity index (χ3n) is 4.81. The van der Waals surface area contributed by atoms with E-state index in [-0.39, 0.29) is 24.4 Å². The quantitative estimate of drug-likeness (QED) is 0.469. The van der Waals surface area contributed by atoms with Crippen molar-refractivity contribution in [3.05, 3.63) is 71.4 Å². The van der Waals surface area contributed by atoms with Crippen LogP contribution >= 0.6 is 11.6 Å². The summed E-state index contributed by atoms with van der Waals surface area (Å²) in [7, 11) is 0. The van der Waals surface area contributed by atoms with Crippen molar-refractivity contribution in [1.29, 1.82) is 0 Å². The highest BCUT2D eigenvalue weighted by atomic mass is 35.5. The van der Waals surface area contributed by atoms with Crippen molar-refractivity contribution < 1.29 is 28.2 Å². The maximum atomic E-state index is 12.0. The van der Waals surface area contributed by atoms with Gasteiger partial charge in [0, 0.05) is 11.1 Å². The molecule has 162 valence electrons. The van der Waals surface area contributed by atoms with Gasteiger partial charge < -0.3 is 23.4 Å². The van der Waals surface area contributed by atoms with E-state index in [9.17, 15) is 4.79 Å². The van der Waals surface area contributed by atoms with Gasteiger partial charge in [-0.2, -0.15) is 0 Å². The molecule has 0 radical (unpaired) electrons. The van der Waals surface area contributed by atoms with E-state index >= 15 is 0 Å². The number of benzene rings is 2. The molecular weight excluding hydrogens is 422 g/mol. The molecule has 1 aromatic heterocycles. The first-order chi connectivity index (χ1) is 15.1. The molecule has 2 heterocycles.